The average molecular weight is 195 g/mol. The Kier molecular flexibility index (Phi) is 4.76. The van der Waals surface area contributed by atoms with Crippen LogP contribution in [-0.2, 0) is 5.75 Å². The van der Waals surface area contributed by atoms with Crippen molar-refractivity contribution in [3.05, 3.63) is 29.8 Å². The lowest BCUT2D eigenvalue weighted by atomic mass is 10.2. The highest BCUT2D eigenvalue weighted by Crippen LogP contribution is 2.15. The summed E-state index contributed by atoms with van der Waals surface area (Å²) >= 11 is 1.98. The third kappa shape index (κ3) is 4.23. The average Bonchev–Trinajstić information content (AvgIpc) is 2.13. The zero-order valence-corrected chi connectivity index (χ0v) is 8.94. The standard InChI is InChI=1S/C11H17NS/c1-2-3-7-13-9-10-5-4-6-11(12)8-10/h4-6,8H,2-3,7,9,12H2,1H3. The summed E-state index contributed by atoms with van der Waals surface area (Å²) in [5.41, 5.74) is 7.88. The topological polar surface area (TPSA) is 26.0 Å². The lowest BCUT2D eigenvalue weighted by Gasteiger charge is -2.01. The van der Waals surface area contributed by atoms with Crippen molar-refractivity contribution in [1.29, 1.82) is 0 Å². The number of rotatable bonds is 5. The number of nitrogen functional groups attached to an aromatic ring is 1. The van der Waals surface area contributed by atoms with Crippen LogP contribution < -0.4 is 5.73 Å². The predicted molar refractivity (Wildman–Crippen MR) is 61.9 cm³/mol. The first kappa shape index (κ1) is 10.5. The molecule has 0 aromatic heterocycles. The van der Waals surface area contributed by atoms with E-state index < -0.39 is 0 Å². The Morgan fingerprint density at radius 2 is 2.23 bits per heavy atom. The number of unbranched alkanes of at least 4 members (excludes halogenated alkanes) is 1. The van der Waals surface area contributed by atoms with Gasteiger partial charge in [-0.05, 0) is 29.9 Å². The lowest BCUT2D eigenvalue weighted by Crippen LogP contribution is -1.87. The van der Waals surface area contributed by atoms with Crippen LogP contribution in [0.25, 0.3) is 0 Å². The molecule has 13 heavy (non-hydrogen) atoms. The maximum absolute atomic E-state index is 5.68. The van der Waals surface area contributed by atoms with Gasteiger partial charge in [-0.25, -0.2) is 0 Å². The Morgan fingerprint density at radius 3 is 2.92 bits per heavy atom. The van der Waals surface area contributed by atoms with E-state index in [1.807, 2.05) is 23.9 Å². The van der Waals surface area contributed by atoms with Crippen LogP contribution in [0.1, 0.15) is 25.3 Å². The third-order valence-electron chi connectivity index (χ3n) is 1.86. The third-order valence-corrected chi connectivity index (χ3v) is 2.98. The minimum Gasteiger partial charge on any atom is -0.399 e. The fourth-order valence-electron chi connectivity index (χ4n) is 1.12. The summed E-state index contributed by atoms with van der Waals surface area (Å²) in [6.45, 7) is 2.22. The van der Waals surface area contributed by atoms with Gasteiger partial charge in [0, 0.05) is 11.4 Å². The SMILES string of the molecule is CCCCSCc1cccc(N)c1. The maximum atomic E-state index is 5.68. The number of thioether (sulfide) groups is 1. The molecule has 72 valence electrons. The first-order valence-electron chi connectivity index (χ1n) is 4.75. The van der Waals surface area contributed by atoms with Crippen molar-refractivity contribution in [1.82, 2.24) is 0 Å². The van der Waals surface area contributed by atoms with Crippen molar-refractivity contribution >= 4 is 17.4 Å². The van der Waals surface area contributed by atoms with E-state index in [-0.39, 0.29) is 0 Å². The Balaban J connectivity index is 2.28. The normalized spacial score (nSPS) is 10.2. The smallest absolute Gasteiger partial charge is 0.0317 e. The summed E-state index contributed by atoms with van der Waals surface area (Å²) in [6.07, 6.45) is 2.59. The van der Waals surface area contributed by atoms with Gasteiger partial charge in [-0.3, -0.25) is 0 Å². The molecule has 1 aromatic rings. The number of benzene rings is 1. The van der Waals surface area contributed by atoms with Crippen LogP contribution in [0.4, 0.5) is 5.69 Å². The first-order valence-corrected chi connectivity index (χ1v) is 5.90. The highest BCUT2D eigenvalue weighted by molar-refractivity contribution is 7.98. The largest absolute Gasteiger partial charge is 0.399 e. The number of nitrogens with two attached hydrogens (primary N) is 1. The summed E-state index contributed by atoms with van der Waals surface area (Å²) in [7, 11) is 0. The molecule has 2 heteroatoms. The van der Waals surface area contributed by atoms with Gasteiger partial charge in [0.25, 0.3) is 0 Å². The van der Waals surface area contributed by atoms with Gasteiger partial charge in [0.1, 0.15) is 0 Å². The highest BCUT2D eigenvalue weighted by atomic mass is 32.2. The van der Waals surface area contributed by atoms with Crippen molar-refractivity contribution in [3.63, 3.8) is 0 Å². The van der Waals surface area contributed by atoms with Crippen molar-refractivity contribution in [2.45, 2.75) is 25.5 Å². The van der Waals surface area contributed by atoms with Crippen LogP contribution in [0.2, 0.25) is 0 Å². The van der Waals surface area contributed by atoms with Crippen molar-refractivity contribution in [2.24, 2.45) is 0 Å². The van der Waals surface area contributed by atoms with Gasteiger partial charge >= 0.3 is 0 Å². The molecule has 0 heterocycles. The van der Waals surface area contributed by atoms with E-state index in [1.54, 1.807) is 0 Å². The van der Waals surface area contributed by atoms with Gasteiger partial charge in [0.15, 0.2) is 0 Å². The maximum Gasteiger partial charge on any atom is 0.0317 e. The number of anilines is 1. The van der Waals surface area contributed by atoms with Crippen LogP contribution in [0.5, 0.6) is 0 Å². The van der Waals surface area contributed by atoms with Crippen molar-refractivity contribution < 1.29 is 0 Å². The molecule has 0 aliphatic carbocycles. The Labute approximate surface area is 84.7 Å². The Bertz CT molecular complexity index is 248. The van der Waals surface area contributed by atoms with E-state index in [0.29, 0.717) is 0 Å². The van der Waals surface area contributed by atoms with Gasteiger partial charge in [-0.15, -0.1) is 0 Å². The van der Waals surface area contributed by atoms with Crippen LogP contribution in [-0.4, -0.2) is 5.75 Å². The van der Waals surface area contributed by atoms with Crippen molar-refractivity contribution in [2.75, 3.05) is 11.5 Å². The van der Waals surface area contributed by atoms with Gasteiger partial charge in [0.2, 0.25) is 0 Å². The molecule has 0 aliphatic heterocycles. The summed E-state index contributed by atoms with van der Waals surface area (Å²) < 4.78 is 0. The fraction of sp³-hybridized carbons (Fsp3) is 0.455. The number of hydrogen-bond acceptors (Lipinski definition) is 2. The molecule has 1 nitrogen and oxygen atoms in total. The van der Waals surface area contributed by atoms with E-state index in [1.165, 1.54) is 24.2 Å². The van der Waals surface area contributed by atoms with E-state index in [0.717, 1.165) is 11.4 Å². The second-order valence-corrected chi connectivity index (χ2v) is 4.26. The van der Waals surface area contributed by atoms with Crippen LogP contribution in [0.3, 0.4) is 0 Å². The first-order chi connectivity index (χ1) is 6.33. The monoisotopic (exact) mass is 195 g/mol. The second kappa shape index (κ2) is 5.92. The second-order valence-electron chi connectivity index (χ2n) is 3.15. The molecule has 0 unspecified atom stereocenters. The molecule has 1 aromatic carbocycles. The van der Waals surface area contributed by atoms with Crippen molar-refractivity contribution in [3.8, 4) is 0 Å². The quantitative estimate of drug-likeness (QED) is 0.576. The molecule has 0 atom stereocenters. The van der Waals surface area contributed by atoms with E-state index in [9.17, 15) is 0 Å². The molecule has 1 rings (SSSR count). The molecule has 0 spiro atoms. The molecule has 0 fully saturated rings. The summed E-state index contributed by atoms with van der Waals surface area (Å²) in [6, 6.07) is 8.14. The molecular weight excluding hydrogens is 178 g/mol. The van der Waals surface area contributed by atoms with Gasteiger partial charge in [-0.1, -0.05) is 25.5 Å². The van der Waals surface area contributed by atoms with Crippen LogP contribution in [0.15, 0.2) is 24.3 Å². The predicted octanol–water partition coefficient (Wildman–Crippen LogP) is 3.30. The van der Waals surface area contributed by atoms with E-state index in [2.05, 4.69) is 19.1 Å². The Morgan fingerprint density at radius 1 is 1.38 bits per heavy atom. The van der Waals surface area contributed by atoms with Gasteiger partial charge in [-0.2, -0.15) is 11.8 Å². The minimum absolute atomic E-state index is 0.869. The van der Waals surface area contributed by atoms with Crippen LogP contribution >= 0.6 is 11.8 Å². The molecule has 0 radical (unpaired) electrons. The van der Waals surface area contributed by atoms with Gasteiger partial charge < -0.3 is 5.73 Å². The molecule has 0 amide bonds. The lowest BCUT2D eigenvalue weighted by molar-refractivity contribution is 0.896. The number of hydrogen-bond donors (Lipinski definition) is 1. The minimum atomic E-state index is 0.869. The zero-order chi connectivity index (χ0) is 9.52. The van der Waals surface area contributed by atoms with E-state index >= 15 is 0 Å². The highest BCUT2D eigenvalue weighted by Gasteiger charge is 1.93. The van der Waals surface area contributed by atoms with E-state index in [4.69, 9.17) is 5.73 Å². The van der Waals surface area contributed by atoms with Crippen LogP contribution in [0, 0.1) is 0 Å². The molecular formula is C11H17NS. The Hall–Kier alpha value is -0.630. The zero-order valence-electron chi connectivity index (χ0n) is 8.12. The molecule has 0 bridgehead atoms. The fourth-order valence-corrected chi connectivity index (χ4v) is 2.17. The molecule has 0 saturated heterocycles. The summed E-state index contributed by atoms with van der Waals surface area (Å²) in [5.74, 6) is 2.34. The molecule has 2 N–H and O–H groups in total. The molecule has 0 saturated carbocycles. The van der Waals surface area contributed by atoms with Gasteiger partial charge in [0.05, 0.1) is 0 Å². The molecule has 0 aliphatic rings. The summed E-state index contributed by atoms with van der Waals surface area (Å²) in [5, 5.41) is 0. The summed E-state index contributed by atoms with van der Waals surface area (Å²) in [4.78, 5) is 0.